The Labute approximate surface area is 169 Å². The summed E-state index contributed by atoms with van der Waals surface area (Å²) in [5.41, 5.74) is 2.05. The zero-order valence-electron chi connectivity index (χ0n) is 16.3. The van der Waals surface area contributed by atoms with Crippen LogP contribution in [0.1, 0.15) is 28.6 Å². The average Bonchev–Trinajstić information content (AvgIpc) is 3.23. The third kappa shape index (κ3) is 5.35. The van der Waals surface area contributed by atoms with Crippen LogP contribution in [0.2, 0.25) is 0 Å². The van der Waals surface area contributed by atoms with Crippen molar-refractivity contribution < 1.29 is 18.7 Å². The van der Waals surface area contributed by atoms with Gasteiger partial charge in [-0.3, -0.25) is 9.59 Å². The average molecular weight is 390 g/mol. The fourth-order valence-corrected chi connectivity index (χ4v) is 2.61. The molecule has 148 valence electrons. The summed E-state index contributed by atoms with van der Waals surface area (Å²) in [6.45, 7) is 4.27. The molecule has 29 heavy (non-hydrogen) atoms. The van der Waals surface area contributed by atoms with Crippen LogP contribution in [0.3, 0.4) is 0 Å². The second kappa shape index (κ2) is 9.41. The highest BCUT2D eigenvalue weighted by Crippen LogP contribution is 2.24. The minimum absolute atomic E-state index is 0.0526. The highest BCUT2D eigenvalue weighted by atomic mass is 16.5. The molecule has 3 rings (SSSR count). The minimum Gasteiger partial charge on any atom is -0.492 e. The number of ether oxygens (including phenoxy) is 1. The summed E-state index contributed by atoms with van der Waals surface area (Å²) < 4.78 is 10.8. The van der Waals surface area contributed by atoms with Gasteiger partial charge >= 0.3 is 0 Å². The van der Waals surface area contributed by atoms with E-state index in [1.165, 1.54) is 12.3 Å². The molecule has 0 spiro atoms. The monoisotopic (exact) mass is 390 g/mol. The van der Waals surface area contributed by atoms with E-state index in [4.69, 9.17) is 9.15 Å². The minimum atomic E-state index is -0.492. The van der Waals surface area contributed by atoms with Crippen LogP contribution in [0.15, 0.2) is 77.0 Å². The van der Waals surface area contributed by atoms with E-state index in [0.29, 0.717) is 29.4 Å². The van der Waals surface area contributed by atoms with E-state index in [1.54, 1.807) is 42.5 Å². The second-order valence-electron chi connectivity index (χ2n) is 6.28. The molecule has 2 amide bonds. The number of furan rings is 1. The molecule has 2 aromatic carbocycles. The van der Waals surface area contributed by atoms with E-state index in [0.717, 1.165) is 5.56 Å². The largest absolute Gasteiger partial charge is 0.492 e. The van der Waals surface area contributed by atoms with Gasteiger partial charge in [0.1, 0.15) is 17.2 Å². The lowest BCUT2D eigenvalue weighted by atomic mass is 10.1. The van der Waals surface area contributed by atoms with Crippen molar-refractivity contribution in [3.05, 3.63) is 89.5 Å². The third-order valence-corrected chi connectivity index (χ3v) is 4.07. The normalized spacial score (nSPS) is 11.0. The summed E-state index contributed by atoms with van der Waals surface area (Å²) in [6.07, 6.45) is 2.97. The molecule has 1 aromatic heterocycles. The van der Waals surface area contributed by atoms with Gasteiger partial charge in [-0.15, -0.1) is 0 Å². The van der Waals surface area contributed by atoms with Crippen LogP contribution in [0.4, 0.5) is 5.69 Å². The molecule has 0 saturated heterocycles. The van der Waals surface area contributed by atoms with Crippen molar-refractivity contribution in [2.45, 2.75) is 13.8 Å². The molecule has 0 fully saturated rings. The molecular weight excluding hydrogens is 368 g/mol. The summed E-state index contributed by atoms with van der Waals surface area (Å²) in [7, 11) is 0. The number of aryl methyl sites for hydroxylation is 1. The Hall–Kier alpha value is -3.80. The van der Waals surface area contributed by atoms with Crippen molar-refractivity contribution in [1.82, 2.24) is 5.32 Å². The Balaban J connectivity index is 1.85. The maximum absolute atomic E-state index is 12.9. The summed E-state index contributed by atoms with van der Waals surface area (Å²) in [5, 5.41) is 5.46. The maximum atomic E-state index is 12.9. The van der Waals surface area contributed by atoms with E-state index >= 15 is 0 Å². The molecule has 2 N–H and O–H groups in total. The topological polar surface area (TPSA) is 80.6 Å². The molecule has 0 atom stereocenters. The lowest BCUT2D eigenvalue weighted by molar-refractivity contribution is -0.113. The highest BCUT2D eigenvalue weighted by molar-refractivity contribution is 6.11. The summed E-state index contributed by atoms with van der Waals surface area (Å²) in [5.74, 6) is 0.105. The van der Waals surface area contributed by atoms with Crippen molar-refractivity contribution in [3.8, 4) is 5.75 Å². The van der Waals surface area contributed by atoms with E-state index in [1.807, 2.05) is 32.0 Å². The van der Waals surface area contributed by atoms with Gasteiger partial charge in [0.15, 0.2) is 0 Å². The Morgan fingerprint density at radius 2 is 1.79 bits per heavy atom. The number of amides is 2. The fraction of sp³-hybridized carbons (Fsp3) is 0.130. The smallest absolute Gasteiger partial charge is 0.272 e. The Morgan fingerprint density at radius 3 is 2.48 bits per heavy atom. The Morgan fingerprint density at radius 1 is 1.03 bits per heavy atom. The molecule has 1 heterocycles. The predicted molar refractivity (Wildman–Crippen MR) is 112 cm³/mol. The lowest BCUT2D eigenvalue weighted by Gasteiger charge is -2.13. The molecule has 0 saturated carbocycles. The van der Waals surface area contributed by atoms with Gasteiger partial charge in [-0.1, -0.05) is 29.8 Å². The van der Waals surface area contributed by atoms with E-state index < -0.39 is 11.8 Å². The number of carbonyl (C=O) groups is 2. The third-order valence-electron chi connectivity index (χ3n) is 4.07. The van der Waals surface area contributed by atoms with E-state index in [2.05, 4.69) is 10.6 Å². The van der Waals surface area contributed by atoms with E-state index in [9.17, 15) is 9.59 Å². The second-order valence-corrected chi connectivity index (χ2v) is 6.28. The molecule has 0 aliphatic carbocycles. The van der Waals surface area contributed by atoms with Gasteiger partial charge in [-0.05, 0) is 50.2 Å². The van der Waals surface area contributed by atoms with Gasteiger partial charge in [-0.25, -0.2) is 0 Å². The van der Waals surface area contributed by atoms with Crippen molar-refractivity contribution >= 4 is 23.6 Å². The number of rotatable bonds is 7. The summed E-state index contributed by atoms with van der Waals surface area (Å²) in [4.78, 5) is 25.6. The first-order chi connectivity index (χ1) is 14.1. The first kappa shape index (κ1) is 19.9. The Kier molecular flexibility index (Phi) is 6.47. The van der Waals surface area contributed by atoms with Crippen LogP contribution in [0, 0.1) is 6.92 Å². The number of anilines is 1. The molecule has 6 nitrogen and oxygen atoms in total. The van der Waals surface area contributed by atoms with Crippen molar-refractivity contribution in [2.24, 2.45) is 0 Å². The lowest BCUT2D eigenvalue weighted by Crippen LogP contribution is -2.30. The van der Waals surface area contributed by atoms with Gasteiger partial charge in [-0.2, -0.15) is 0 Å². The first-order valence-corrected chi connectivity index (χ1v) is 9.23. The number of hydrogen-bond donors (Lipinski definition) is 2. The molecule has 0 bridgehead atoms. The van der Waals surface area contributed by atoms with Crippen LogP contribution in [-0.2, 0) is 4.79 Å². The maximum Gasteiger partial charge on any atom is 0.272 e. The van der Waals surface area contributed by atoms with Crippen LogP contribution < -0.4 is 15.4 Å². The molecule has 3 aromatic rings. The molecule has 0 unspecified atom stereocenters. The highest BCUT2D eigenvalue weighted by Gasteiger charge is 2.17. The van der Waals surface area contributed by atoms with Crippen molar-refractivity contribution in [3.63, 3.8) is 0 Å². The van der Waals surface area contributed by atoms with Gasteiger partial charge < -0.3 is 19.8 Å². The van der Waals surface area contributed by atoms with Crippen molar-refractivity contribution in [2.75, 3.05) is 11.9 Å². The van der Waals surface area contributed by atoms with Gasteiger partial charge in [0.2, 0.25) is 0 Å². The van der Waals surface area contributed by atoms with Crippen LogP contribution in [0.5, 0.6) is 5.75 Å². The number of nitrogens with one attached hydrogen (secondary N) is 2. The van der Waals surface area contributed by atoms with Crippen LogP contribution in [0.25, 0.3) is 6.08 Å². The first-order valence-electron chi connectivity index (χ1n) is 9.23. The van der Waals surface area contributed by atoms with Crippen molar-refractivity contribution in [1.29, 1.82) is 0 Å². The summed E-state index contributed by atoms with van der Waals surface area (Å²) >= 11 is 0. The SMILES string of the molecule is CCOc1ccccc1NC(=O)/C(=C/c1ccco1)NC(=O)c1ccc(C)cc1. The van der Waals surface area contributed by atoms with Gasteiger partial charge in [0.25, 0.3) is 11.8 Å². The summed E-state index contributed by atoms with van der Waals surface area (Å²) in [6, 6.07) is 17.6. The fourth-order valence-electron chi connectivity index (χ4n) is 2.61. The quantitative estimate of drug-likeness (QED) is 0.586. The molecule has 0 aliphatic heterocycles. The zero-order valence-corrected chi connectivity index (χ0v) is 16.3. The number of para-hydroxylation sites is 2. The van der Waals surface area contributed by atoms with Gasteiger partial charge in [0, 0.05) is 11.6 Å². The van der Waals surface area contributed by atoms with E-state index in [-0.39, 0.29) is 5.70 Å². The molecular formula is C23H22N2O4. The molecule has 0 aliphatic rings. The van der Waals surface area contributed by atoms with Crippen LogP contribution >= 0.6 is 0 Å². The number of hydrogen-bond acceptors (Lipinski definition) is 4. The molecule has 6 heteroatoms. The van der Waals surface area contributed by atoms with Gasteiger partial charge in [0.05, 0.1) is 18.6 Å². The van der Waals surface area contributed by atoms with Crippen LogP contribution in [-0.4, -0.2) is 18.4 Å². The number of benzene rings is 2. The zero-order chi connectivity index (χ0) is 20.6. The molecule has 0 radical (unpaired) electrons. The Bertz CT molecular complexity index is 1010. The predicted octanol–water partition coefficient (Wildman–Crippen LogP) is 4.40. The number of carbonyl (C=O) groups excluding carboxylic acids is 2. The standard InChI is InChI=1S/C23H22N2O4/c1-3-28-21-9-5-4-8-19(21)24-23(27)20(15-18-7-6-14-29-18)25-22(26)17-12-10-16(2)11-13-17/h4-15H,3H2,1-2H3,(H,24,27)(H,25,26)/b20-15-.